The van der Waals surface area contributed by atoms with Gasteiger partial charge in [0.05, 0.1) is 24.3 Å². The van der Waals surface area contributed by atoms with Crippen LogP contribution < -0.4 is 0 Å². The first kappa shape index (κ1) is 15.4. The first-order valence-corrected chi connectivity index (χ1v) is 7.87. The molecule has 1 saturated heterocycles. The molecule has 0 spiro atoms. The highest BCUT2D eigenvalue weighted by Gasteiger charge is 2.17. The molecule has 6 heteroatoms. The van der Waals surface area contributed by atoms with Crippen molar-refractivity contribution in [2.75, 3.05) is 26.9 Å². The Morgan fingerprint density at radius 1 is 1.65 bits per heavy atom. The highest BCUT2D eigenvalue weighted by molar-refractivity contribution is 7.11. The number of aryl methyl sites for hydroxylation is 1. The number of likely N-dealkylation sites (N-methyl/N-ethyl adjacent to an activating group) is 1. The van der Waals surface area contributed by atoms with Gasteiger partial charge in [0, 0.05) is 24.7 Å². The second kappa shape index (κ2) is 7.71. The Balaban J connectivity index is 1.68. The normalized spacial score (nSPS) is 18.4. The molecule has 0 aliphatic carbocycles. The van der Waals surface area contributed by atoms with E-state index < -0.39 is 0 Å². The first-order chi connectivity index (χ1) is 9.69. The van der Waals surface area contributed by atoms with Crippen molar-refractivity contribution < 1.29 is 14.3 Å². The Morgan fingerprint density at radius 3 is 3.15 bits per heavy atom. The Labute approximate surface area is 123 Å². The quantitative estimate of drug-likeness (QED) is 0.771. The van der Waals surface area contributed by atoms with Crippen molar-refractivity contribution in [2.45, 2.75) is 38.8 Å². The number of ether oxygens (including phenoxy) is 2. The second-order valence-electron chi connectivity index (χ2n) is 4.97. The van der Waals surface area contributed by atoms with E-state index in [9.17, 15) is 4.79 Å². The van der Waals surface area contributed by atoms with E-state index in [1.54, 1.807) is 23.3 Å². The predicted octanol–water partition coefficient (Wildman–Crippen LogP) is 1.86. The largest absolute Gasteiger partial charge is 0.376 e. The summed E-state index contributed by atoms with van der Waals surface area (Å²) in [7, 11) is 1.79. The lowest BCUT2D eigenvalue weighted by Crippen LogP contribution is -2.30. The van der Waals surface area contributed by atoms with Gasteiger partial charge in [0.15, 0.2) is 0 Å². The summed E-state index contributed by atoms with van der Waals surface area (Å²) < 4.78 is 10.9. The lowest BCUT2D eigenvalue weighted by molar-refractivity contribution is -0.136. The zero-order valence-electron chi connectivity index (χ0n) is 12.1. The number of carbonyl (C=O) groups excluding carboxylic acids is 1. The van der Waals surface area contributed by atoms with Crippen molar-refractivity contribution in [1.82, 2.24) is 9.88 Å². The van der Waals surface area contributed by atoms with Gasteiger partial charge in [-0.15, -0.1) is 11.3 Å². The van der Waals surface area contributed by atoms with Gasteiger partial charge < -0.3 is 14.4 Å². The lowest BCUT2D eigenvalue weighted by atomic mass is 10.2. The Kier molecular flexibility index (Phi) is 5.94. The highest BCUT2D eigenvalue weighted by atomic mass is 32.1. The first-order valence-electron chi connectivity index (χ1n) is 7.06. The summed E-state index contributed by atoms with van der Waals surface area (Å²) in [6, 6.07) is 0. The van der Waals surface area contributed by atoms with E-state index in [0.29, 0.717) is 13.2 Å². The van der Waals surface area contributed by atoms with Crippen LogP contribution in [0, 0.1) is 0 Å². The van der Waals surface area contributed by atoms with Crippen molar-refractivity contribution in [1.29, 1.82) is 0 Å². The van der Waals surface area contributed by atoms with E-state index in [2.05, 4.69) is 11.9 Å². The molecule has 1 atom stereocenters. The molecule has 2 heterocycles. The van der Waals surface area contributed by atoms with Crippen molar-refractivity contribution in [3.8, 4) is 0 Å². The molecular formula is C14H22N2O3S. The molecule has 0 aromatic carbocycles. The lowest BCUT2D eigenvalue weighted by Gasteiger charge is -2.17. The zero-order valence-corrected chi connectivity index (χ0v) is 12.9. The van der Waals surface area contributed by atoms with Crippen LogP contribution in [0.3, 0.4) is 0 Å². The number of hydrogen-bond acceptors (Lipinski definition) is 5. The molecule has 112 valence electrons. The van der Waals surface area contributed by atoms with Gasteiger partial charge in [-0.25, -0.2) is 4.98 Å². The number of thiazole rings is 1. The third kappa shape index (κ3) is 4.54. The Hall–Kier alpha value is -0.980. The standard InChI is InChI=1S/C14H22N2O3S/c1-3-13-15-7-12(20-13)8-16(2)14(17)10-18-9-11-5-4-6-19-11/h7,11H,3-6,8-10H2,1-2H3. The van der Waals surface area contributed by atoms with Crippen molar-refractivity contribution >= 4 is 17.2 Å². The van der Waals surface area contributed by atoms with Crippen LogP contribution in [0.1, 0.15) is 29.7 Å². The van der Waals surface area contributed by atoms with Gasteiger partial charge in [0.1, 0.15) is 6.61 Å². The van der Waals surface area contributed by atoms with Crippen LogP contribution in [0.25, 0.3) is 0 Å². The van der Waals surface area contributed by atoms with Crippen molar-refractivity contribution in [2.24, 2.45) is 0 Å². The van der Waals surface area contributed by atoms with E-state index in [4.69, 9.17) is 9.47 Å². The molecule has 0 bridgehead atoms. The van der Waals surface area contributed by atoms with Crippen LogP contribution in [0.15, 0.2) is 6.20 Å². The average molecular weight is 298 g/mol. The van der Waals surface area contributed by atoms with Crippen molar-refractivity contribution in [3.05, 3.63) is 16.1 Å². The van der Waals surface area contributed by atoms with Gasteiger partial charge >= 0.3 is 0 Å². The number of amides is 1. The van der Waals surface area contributed by atoms with Crippen LogP contribution in [-0.2, 0) is 27.2 Å². The molecular weight excluding hydrogens is 276 g/mol. The van der Waals surface area contributed by atoms with Crippen LogP contribution in [0.5, 0.6) is 0 Å². The molecule has 1 aliphatic rings. The summed E-state index contributed by atoms with van der Waals surface area (Å²) in [5.41, 5.74) is 0. The maximum atomic E-state index is 11.9. The topological polar surface area (TPSA) is 51.7 Å². The molecule has 0 saturated carbocycles. The van der Waals surface area contributed by atoms with Crippen LogP contribution in [0.4, 0.5) is 0 Å². The van der Waals surface area contributed by atoms with Gasteiger partial charge in [-0.2, -0.15) is 0 Å². The van der Waals surface area contributed by atoms with Gasteiger partial charge in [-0.1, -0.05) is 6.92 Å². The fourth-order valence-electron chi connectivity index (χ4n) is 2.07. The van der Waals surface area contributed by atoms with Gasteiger partial charge in [-0.3, -0.25) is 4.79 Å². The number of nitrogens with zero attached hydrogens (tertiary/aromatic N) is 2. The number of aromatic nitrogens is 1. The van der Waals surface area contributed by atoms with E-state index in [1.165, 1.54) is 0 Å². The third-order valence-corrected chi connectivity index (χ3v) is 4.40. The molecule has 1 aromatic rings. The number of carbonyl (C=O) groups is 1. The third-order valence-electron chi connectivity index (χ3n) is 3.28. The molecule has 1 amide bonds. The fourth-order valence-corrected chi connectivity index (χ4v) is 2.99. The second-order valence-corrected chi connectivity index (χ2v) is 6.17. The van der Waals surface area contributed by atoms with Gasteiger partial charge in [-0.05, 0) is 19.3 Å². The molecule has 2 rings (SSSR count). The zero-order chi connectivity index (χ0) is 14.4. The summed E-state index contributed by atoms with van der Waals surface area (Å²) >= 11 is 1.66. The summed E-state index contributed by atoms with van der Waals surface area (Å²) in [6.07, 6.45) is 5.08. The van der Waals surface area contributed by atoms with Gasteiger partial charge in [0.2, 0.25) is 5.91 Å². The van der Waals surface area contributed by atoms with Crippen LogP contribution >= 0.6 is 11.3 Å². The summed E-state index contributed by atoms with van der Waals surface area (Å²) in [5, 5.41) is 1.11. The van der Waals surface area contributed by atoms with E-state index in [1.807, 2.05) is 6.20 Å². The minimum Gasteiger partial charge on any atom is -0.376 e. The molecule has 1 unspecified atom stereocenters. The van der Waals surface area contributed by atoms with E-state index >= 15 is 0 Å². The maximum Gasteiger partial charge on any atom is 0.248 e. The van der Waals surface area contributed by atoms with Crippen LogP contribution in [-0.4, -0.2) is 48.8 Å². The Bertz CT molecular complexity index is 430. The summed E-state index contributed by atoms with van der Waals surface area (Å²) in [5.74, 6) is -0.00514. The van der Waals surface area contributed by atoms with Crippen LogP contribution in [0.2, 0.25) is 0 Å². The SMILES string of the molecule is CCc1ncc(CN(C)C(=O)COCC2CCCO2)s1. The summed E-state index contributed by atoms with van der Waals surface area (Å²) in [4.78, 5) is 19.0. The molecule has 20 heavy (non-hydrogen) atoms. The van der Waals surface area contributed by atoms with Gasteiger partial charge in [0.25, 0.3) is 0 Å². The van der Waals surface area contributed by atoms with E-state index in [-0.39, 0.29) is 18.6 Å². The molecule has 0 N–H and O–H groups in total. The Morgan fingerprint density at radius 2 is 2.50 bits per heavy atom. The van der Waals surface area contributed by atoms with Crippen molar-refractivity contribution in [3.63, 3.8) is 0 Å². The fraction of sp³-hybridized carbons (Fsp3) is 0.714. The average Bonchev–Trinajstić information content (AvgIpc) is 3.09. The molecule has 1 aromatic heterocycles. The predicted molar refractivity (Wildman–Crippen MR) is 77.8 cm³/mol. The molecule has 5 nitrogen and oxygen atoms in total. The molecule has 1 aliphatic heterocycles. The minimum absolute atomic E-state index is 0.00514. The molecule has 0 radical (unpaired) electrons. The monoisotopic (exact) mass is 298 g/mol. The summed E-state index contributed by atoms with van der Waals surface area (Å²) in [6.45, 7) is 4.12. The number of rotatable bonds is 7. The smallest absolute Gasteiger partial charge is 0.248 e. The van der Waals surface area contributed by atoms with E-state index in [0.717, 1.165) is 35.8 Å². The maximum absolute atomic E-state index is 11.9. The minimum atomic E-state index is -0.00514. The highest BCUT2D eigenvalue weighted by Crippen LogP contribution is 2.15. The number of hydrogen-bond donors (Lipinski definition) is 0. The molecule has 1 fully saturated rings.